The SMILES string of the molecule is CC[C@@H]1[C@H]2O[C@H]2[C@@H]2/C=C/C[C@H](C)/C=C(\C)[C@@H](O)C(=O)/C=C/CC(=O)[C@]23C(=O)N[C@@H]([C@H](C)c2c[nH]c4ccccc24)[C@H]13. The van der Waals surface area contributed by atoms with E-state index in [1.54, 1.807) is 6.92 Å². The van der Waals surface area contributed by atoms with Crippen molar-refractivity contribution in [3.8, 4) is 0 Å². The minimum atomic E-state index is -1.30. The van der Waals surface area contributed by atoms with Crippen molar-refractivity contribution in [2.45, 2.75) is 77.2 Å². The second kappa shape index (κ2) is 10.5. The number of aliphatic hydroxyl groups is 1. The Labute approximate surface area is 241 Å². The van der Waals surface area contributed by atoms with Gasteiger partial charge in [-0.1, -0.05) is 69.7 Å². The molecule has 1 aromatic heterocycles. The lowest BCUT2D eigenvalue weighted by Crippen LogP contribution is -2.56. The lowest BCUT2D eigenvalue weighted by atomic mass is 9.52. The number of Topliss-reactive ketones (excluding diaryl/α,β-unsaturated/α-hetero) is 1. The summed E-state index contributed by atoms with van der Waals surface area (Å²) in [4.78, 5) is 44.9. The number of allylic oxidation sites excluding steroid dienone is 3. The van der Waals surface area contributed by atoms with Gasteiger partial charge in [-0.25, -0.2) is 0 Å². The zero-order valence-corrected chi connectivity index (χ0v) is 24.2. The molecule has 1 aromatic carbocycles. The summed E-state index contributed by atoms with van der Waals surface area (Å²) in [6, 6.07) is 7.89. The third-order valence-electron chi connectivity index (χ3n) is 10.2. The average Bonchev–Trinajstić information content (AvgIpc) is 3.53. The van der Waals surface area contributed by atoms with Crippen LogP contribution in [0.4, 0.5) is 0 Å². The third-order valence-corrected chi connectivity index (χ3v) is 10.2. The molecule has 2 aliphatic heterocycles. The van der Waals surface area contributed by atoms with Crippen molar-refractivity contribution in [3.63, 3.8) is 0 Å². The van der Waals surface area contributed by atoms with Crippen molar-refractivity contribution in [2.75, 3.05) is 0 Å². The van der Waals surface area contributed by atoms with Gasteiger partial charge in [-0.05, 0) is 48.5 Å². The Morgan fingerprint density at radius 3 is 2.71 bits per heavy atom. The van der Waals surface area contributed by atoms with Gasteiger partial charge >= 0.3 is 0 Å². The highest BCUT2D eigenvalue weighted by atomic mass is 16.6. The fourth-order valence-corrected chi connectivity index (χ4v) is 8.17. The van der Waals surface area contributed by atoms with Gasteiger partial charge < -0.3 is 20.1 Å². The third kappa shape index (κ3) is 4.36. The van der Waals surface area contributed by atoms with Crippen LogP contribution in [0.15, 0.2) is 66.4 Å². The molecule has 4 aliphatic rings. The Kier molecular flexibility index (Phi) is 7.15. The van der Waals surface area contributed by atoms with E-state index in [-0.39, 0.29) is 66.0 Å². The highest BCUT2D eigenvalue weighted by Crippen LogP contribution is 2.63. The van der Waals surface area contributed by atoms with Crippen molar-refractivity contribution in [1.29, 1.82) is 0 Å². The molecule has 7 heteroatoms. The van der Waals surface area contributed by atoms with Crippen LogP contribution >= 0.6 is 0 Å². The van der Waals surface area contributed by atoms with Crippen LogP contribution < -0.4 is 5.32 Å². The van der Waals surface area contributed by atoms with E-state index in [9.17, 15) is 19.5 Å². The molecular formula is C34H40N2O5. The molecule has 3 fully saturated rings. The van der Waals surface area contributed by atoms with E-state index in [2.05, 4.69) is 42.4 Å². The fraction of sp³-hybridized carbons (Fsp3) is 0.500. The van der Waals surface area contributed by atoms with E-state index in [0.29, 0.717) is 12.0 Å². The molecule has 2 aliphatic carbocycles. The molecule has 0 bridgehead atoms. The van der Waals surface area contributed by atoms with E-state index >= 15 is 0 Å². The Hall–Kier alpha value is -3.29. The van der Waals surface area contributed by atoms with Crippen LogP contribution in [0.1, 0.15) is 58.4 Å². The Balaban J connectivity index is 1.46. The average molecular weight is 557 g/mol. The number of H-pyrrole nitrogens is 1. The maximum atomic E-state index is 14.4. The summed E-state index contributed by atoms with van der Waals surface area (Å²) in [6.45, 7) is 8.04. The van der Waals surface area contributed by atoms with E-state index in [0.717, 1.165) is 22.9 Å². The zero-order valence-electron chi connectivity index (χ0n) is 24.2. The van der Waals surface area contributed by atoms with Gasteiger partial charge in [-0.3, -0.25) is 14.4 Å². The van der Waals surface area contributed by atoms with E-state index < -0.39 is 17.3 Å². The number of carbonyl (C=O) groups is 3. The highest BCUT2D eigenvalue weighted by molar-refractivity contribution is 6.10. The van der Waals surface area contributed by atoms with E-state index in [4.69, 9.17) is 4.74 Å². The molecule has 3 heterocycles. The van der Waals surface area contributed by atoms with Gasteiger partial charge in [0.25, 0.3) is 0 Å². The number of aromatic nitrogens is 1. The number of benzene rings is 1. The predicted octanol–water partition coefficient (Wildman–Crippen LogP) is 4.78. The first-order chi connectivity index (χ1) is 19.7. The minimum absolute atomic E-state index is 0.0108. The van der Waals surface area contributed by atoms with Gasteiger partial charge in [-0.15, -0.1) is 0 Å². The summed E-state index contributed by atoms with van der Waals surface area (Å²) >= 11 is 0. The zero-order chi connectivity index (χ0) is 29.1. The van der Waals surface area contributed by atoms with Crippen LogP contribution in [0, 0.1) is 29.1 Å². The van der Waals surface area contributed by atoms with Crippen molar-refractivity contribution in [1.82, 2.24) is 10.3 Å². The number of rotatable bonds is 3. The number of para-hydroxylation sites is 1. The van der Waals surface area contributed by atoms with Crippen LogP contribution in [-0.4, -0.2) is 51.9 Å². The molecule has 216 valence electrons. The maximum absolute atomic E-state index is 14.4. The summed E-state index contributed by atoms with van der Waals surface area (Å²) < 4.78 is 6.30. The highest BCUT2D eigenvalue weighted by Gasteiger charge is 2.75. The number of aromatic amines is 1. The number of hydrogen-bond donors (Lipinski definition) is 3. The lowest BCUT2D eigenvalue weighted by molar-refractivity contribution is -0.147. The number of aliphatic hydroxyl groups excluding tert-OH is 1. The molecular weight excluding hydrogens is 516 g/mol. The molecule has 41 heavy (non-hydrogen) atoms. The first-order valence-electron chi connectivity index (χ1n) is 15.0. The van der Waals surface area contributed by atoms with E-state index in [1.807, 2.05) is 37.4 Å². The molecule has 10 atom stereocenters. The summed E-state index contributed by atoms with van der Waals surface area (Å²) in [6.07, 6.45) is 10.8. The minimum Gasteiger partial charge on any atom is -0.381 e. The summed E-state index contributed by atoms with van der Waals surface area (Å²) in [7, 11) is 0. The Morgan fingerprint density at radius 2 is 1.93 bits per heavy atom. The summed E-state index contributed by atoms with van der Waals surface area (Å²) in [5.41, 5.74) is 1.46. The molecule has 3 N–H and O–H groups in total. The predicted molar refractivity (Wildman–Crippen MR) is 157 cm³/mol. The molecule has 0 unspecified atom stereocenters. The number of nitrogens with one attached hydrogen (secondary N) is 2. The van der Waals surface area contributed by atoms with Gasteiger partial charge in [0.15, 0.2) is 11.6 Å². The van der Waals surface area contributed by atoms with Crippen LogP contribution in [0.25, 0.3) is 10.9 Å². The van der Waals surface area contributed by atoms with Crippen molar-refractivity contribution < 1.29 is 24.2 Å². The van der Waals surface area contributed by atoms with Crippen molar-refractivity contribution in [2.24, 2.45) is 29.1 Å². The largest absolute Gasteiger partial charge is 0.381 e. The quantitative estimate of drug-likeness (QED) is 0.286. The second-order valence-electron chi connectivity index (χ2n) is 12.5. The smallest absolute Gasteiger partial charge is 0.235 e. The molecule has 1 saturated carbocycles. The topological polar surface area (TPSA) is 112 Å². The Bertz CT molecular complexity index is 1470. The number of amides is 1. The molecule has 2 saturated heterocycles. The summed E-state index contributed by atoms with van der Waals surface area (Å²) in [5.74, 6) is -1.47. The standard InChI is InChI=1S/C34H40N2O5/c1-5-21-28-29(20(4)23-17-35-25-13-7-6-11-22(23)25)36-33(40)34(28)24(32-31(21)41-32)12-8-10-18(2)16-19(3)30(39)26(37)14-9-15-27(34)38/h6-9,11-14,16-18,20-21,24,28-32,35,39H,5,10,15H2,1-4H3,(H,36,40)/b12-8+,14-9+,19-16+/t18-,20+,21-,24-,28-,29-,30+,31+,32-,34+/m0/s1. The number of fused-ring (bicyclic) bond motifs is 3. The van der Waals surface area contributed by atoms with Crippen LogP contribution in [0.2, 0.25) is 0 Å². The molecule has 7 nitrogen and oxygen atoms in total. The second-order valence-corrected chi connectivity index (χ2v) is 12.5. The van der Waals surface area contributed by atoms with Crippen molar-refractivity contribution >= 4 is 28.4 Å². The van der Waals surface area contributed by atoms with Gasteiger partial charge in [-0.2, -0.15) is 0 Å². The number of ketones is 2. The maximum Gasteiger partial charge on any atom is 0.235 e. The number of epoxide rings is 1. The number of ether oxygens (including phenoxy) is 1. The molecule has 1 spiro atoms. The Morgan fingerprint density at radius 1 is 1.15 bits per heavy atom. The normalized spacial score (nSPS) is 40.8. The van der Waals surface area contributed by atoms with Gasteiger partial charge in [0.1, 0.15) is 11.5 Å². The molecule has 0 radical (unpaired) electrons. The van der Waals surface area contributed by atoms with Crippen LogP contribution in [0.3, 0.4) is 0 Å². The van der Waals surface area contributed by atoms with Crippen LogP contribution in [0.5, 0.6) is 0 Å². The van der Waals surface area contributed by atoms with Crippen LogP contribution in [-0.2, 0) is 19.1 Å². The molecule has 1 amide bonds. The first kappa shape index (κ1) is 27.9. The van der Waals surface area contributed by atoms with E-state index in [1.165, 1.54) is 12.2 Å². The first-order valence-corrected chi connectivity index (χ1v) is 15.0. The number of hydrogen-bond acceptors (Lipinski definition) is 5. The van der Waals surface area contributed by atoms with Gasteiger partial charge in [0, 0.05) is 47.3 Å². The molecule has 2 aromatic rings. The lowest BCUT2D eigenvalue weighted by Gasteiger charge is -2.45. The fourth-order valence-electron chi connectivity index (χ4n) is 8.17. The summed E-state index contributed by atoms with van der Waals surface area (Å²) in [5, 5.41) is 15.0. The monoisotopic (exact) mass is 556 g/mol. The molecule has 6 rings (SSSR count). The number of carbonyl (C=O) groups excluding carboxylic acids is 3. The van der Waals surface area contributed by atoms with Gasteiger partial charge in [0.2, 0.25) is 5.91 Å². The van der Waals surface area contributed by atoms with Crippen molar-refractivity contribution in [3.05, 3.63) is 72.0 Å². The van der Waals surface area contributed by atoms with Gasteiger partial charge in [0.05, 0.1) is 12.2 Å².